The molecule has 0 aromatic heterocycles. The second-order valence-corrected chi connectivity index (χ2v) is 5.02. The monoisotopic (exact) mass is 243 g/mol. The third-order valence-electron chi connectivity index (χ3n) is 3.52. The first-order chi connectivity index (χ1) is 8.02. The minimum absolute atomic E-state index is 0.171. The van der Waals surface area contributed by atoms with Crippen LogP contribution in [0, 0.1) is 0 Å². The molecule has 0 heterocycles. The molecule has 0 radical (unpaired) electrons. The molecule has 0 saturated carbocycles. The molecule has 0 aromatic rings. The van der Waals surface area contributed by atoms with E-state index in [4.69, 9.17) is 5.11 Å². The summed E-state index contributed by atoms with van der Waals surface area (Å²) < 4.78 is 0. The summed E-state index contributed by atoms with van der Waals surface area (Å²) in [5.74, 6) is -0.717. The van der Waals surface area contributed by atoms with Crippen LogP contribution in [0.4, 0.5) is 0 Å². The second kappa shape index (κ2) is 9.46. The lowest BCUT2D eigenvalue weighted by Gasteiger charge is -2.32. The second-order valence-electron chi connectivity index (χ2n) is 5.02. The van der Waals surface area contributed by atoms with E-state index in [9.17, 15) is 4.79 Å². The van der Waals surface area contributed by atoms with E-state index >= 15 is 0 Å². The maximum absolute atomic E-state index is 10.9. The molecule has 102 valence electrons. The van der Waals surface area contributed by atoms with Gasteiger partial charge in [0.05, 0.1) is 6.54 Å². The highest BCUT2D eigenvalue weighted by atomic mass is 16.4. The van der Waals surface area contributed by atoms with Gasteiger partial charge in [-0.3, -0.25) is 9.69 Å². The molecule has 3 heteroatoms. The van der Waals surface area contributed by atoms with Crippen molar-refractivity contribution in [3.05, 3.63) is 0 Å². The molecule has 17 heavy (non-hydrogen) atoms. The van der Waals surface area contributed by atoms with Crippen LogP contribution >= 0.6 is 0 Å². The van der Waals surface area contributed by atoms with Crippen molar-refractivity contribution in [2.24, 2.45) is 0 Å². The molecule has 2 unspecified atom stereocenters. The highest BCUT2D eigenvalue weighted by Gasteiger charge is 2.20. The van der Waals surface area contributed by atoms with Gasteiger partial charge in [0, 0.05) is 12.1 Å². The van der Waals surface area contributed by atoms with Crippen molar-refractivity contribution in [2.45, 2.75) is 78.3 Å². The summed E-state index contributed by atoms with van der Waals surface area (Å²) in [7, 11) is 0. The maximum Gasteiger partial charge on any atom is 0.317 e. The van der Waals surface area contributed by atoms with Crippen LogP contribution in [0.5, 0.6) is 0 Å². The molecule has 0 aliphatic carbocycles. The summed E-state index contributed by atoms with van der Waals surface area (Å²) in [6.07, 6.45) is 7.13. The van der Waals surface area contributed by atoms with Crippen molar-refractivity contribution in [2.75, 3.05) is 6.54 Å². The number of rotatable bonds is 10. The van der Waals surface area contributed by atoms with Gasteiger partial charge in [-0.05, 0) is 26.7 Å². The molecule has 0 aromatic carbocycles. The van der Waals surface area contributed by atoms with Crippen molar-refractivity contribution in [3.63, 3.8) is 0 Å². The predicted molar refractivity (Wildman–Crippen MR) is 72.3 cm³/mol. The number of nitrogens with zero attached hydrogens (tertiary/aromatic N) is 1. The molecule has 0 bridgehead atoms. The molecule has 3 nitrogen and oxygen atoms in total. The molecular formula is C14H29NO2. The Balaban J connectivity index is 4.12. The fraction of sp³-hybridized carbons (Fsp3) is 0.929. The molecule has 0 spiro atoms. The van der Waals surface area contributed by atoms with Crippen LogP contribution < -0.4 is 0 Å². The molecule has 0 aliphatic rings. The number of aliphatic carboxylic acids is 1. The van der Waals surface area contributed by atoms with Crippen LogP contribution in [0.15, 0.2) is 0 Å². The Morgan fingerprint density at radius 1 is 1.12 bits per heavy atom. The topological polar surface area (TPSA) is 40.5 Å². The number of carboxylic acids is 1. The lowest BCUT2D eigenvalue weighted by molar-refractivity contribution is -0.139. The highest BCUT2D eigenvalue weighted by molar-refractivity contribution is 5.69. The summed E-state index contributed by atoms with van der Waals surface area (Å²) in [4.78, 5) is 13.0. The Morgan fingerprint density at radius 3 is 2.24 bits per heavy atom. The number of carbonyl (C=O) groups is 1. The summed E-state index contributed by atoms with van der Waals surface area (Å²) >= 11 is 0. The SMILES string of the molecule is CCCCCCC(C)N(CC(=O)O)C(C)CC. The average molecular weight is 243 g/mol. The Bertz CT molecular complexity index is 206. The molecule has 0 aliphatic heterocycles. The molecule has 0 rings (SSSR count). The van der Waals surface area contributed by atoms with Gasteiger partial charge in [-0.25, -0.2) is 0 Å². The fourth-order valence-electron chi connectivity index (χ4n) is 2.17. The molecule has 0 fully saturated rings. The lowest BCUT2D eigenvalue weighted by atomic mass is 10.0. The van der Waals surface area contributed by atoms with Gasteiger partial charge in [0.1, 0.15) is 0 Å². The van der Waals surface area contributed by atoms with Crippen LogP contribution in [-0.4, -0.2) is 34.6 Å². The van der Waals surface area contributed by atoms with Gasteiger partial charge in [0.25, 0.3) is 0 Å². The molecule has 2 atom stereocenters. The minimum Gasteiger partial charge on any atom is -0.480 e. The standard InChI is InChI=1S/C14H29NO2/c1-5-7-8-9-10-13(4)15(11-14(16)17)12(3)6-2/h12-13H,5-11H2,1-4H3,(H,16,17). The third kappa shape index (κ3) is 7.37. The first-order valence-corrected chi connectivity index (χ1v) is 7.00. The quantitative estimate of drug-likeness (QED) is 0.597. The van der Waals surface area contributed by atoms with Crippen LogP contribution in [-0.2, 0) is 4.79 Å². The normalized spacial score (nSPS) is 14.9. The van der Waals surface area contributed by atoms with Gasteiger partial charge in [-0.1, -0.05) is 39.5 Å². The van der Waals surface area contributed by atoms with Crippen molar-refractivity contribution in [1.82, 2.24) is 4.90 Å². The number of hydrogen-bond acceptors (Lipinski definition) is 2. The number of unbranched alkanes of at least 4 members (excludes halogenated alkanes) is 3. The lowest BCUT2D eigenvalue weighted by Crippen LogP contribution is -2.43. The Hall–Kier alpha value is -0.570. The van der Waals surface area contributed by atoms with E-state index < -0.39 is 5.97 Å². The van der Waals surface area contributed by atoms with Gasteiger partial charge >= 0.3 is 5.97 Å². The molecular weight excluding hydrogens is 214 g/mol. The van der Waals surface area contributed by atoms with E-state index in [1.807, 2.05) is 0 Å². The summed E-state index contributed by atoms with van der Waals surface area (Å²) in [5.41, 5.74) is 0. The van der Waals surface area contributed by atoms with Crippen molar-refractivity contribution >= 4 is 5.97 Å². The highest BCUT2D eigenvalue weighted by Crippen LogP contribution is 2.15. The van der Waals surface area contributed by atoms with Gasteiger partial charge in [0.15, 0.2) is 0 Å². The van der Waals surface area contributed by atoms with Crippen LogP contribution in [0.2, 0.25) is 0 Å². The largest absolute Gasteiger partial charge is 0.480 e. The smallest absolute Gasteiger partial charge is 0.317 e. The van der Waals surface area contributed by atoms with E-state index in [1.165, 1.54) is 25.7 Å². The van der Waals surface area contributed by atoms with Crippen molar-refractivity contribution in [1.29, 1.82) is 0 Å². The predicted octanol–water partition coefficient (Wildman–Crippen LogP) is 3.53. The van der Waals surface area contributed by atoms with Gasteiger partial charge in [-0.15, -0.1) is 0 Å². The Labute approximate surface area is 106 Å². The summed E-state index contributed by atoms with van der Waals surface area (Å²) in [5, 5.41) is 8.95. The van der Waals surface area contributed by atoms with Gasteiger partial charge in [-0.2, -0.15) is 0 Å². The van der Waals surface area contributed by atoms with Crippen molar-refractivity contribution in [3.8, 4) is 0 Å². The zero-order chi connectivity index (χ0) is 13.3. The molecule has 0 saturated heterocycles. The average Bonchev–Trinajstić information content (AvgIpc) is 2.30. The summed E-state index contributed by atoms with van der Waals surface area (Å²) in [6, 6.07) is 0.727. The Morgan fingerprint density at radius 2 is 1.76 bits per heavy atom. The van der Waals surface area contributed by atoms with Crippen molar-refractivity contribution < 1.29 is 9.90 Å². The van der Waals surface area contributed by atoms with Crippen LogP contribution in [0.25, 0.3) is 0 Å². The molecule has 0 amide bonds. The minimum atomic E-state index is -0.717. The first kappa shape index (κ1) is 16.4. The van der Waals surface area contributed by atoms with E-state index in [2.05, 4.69) is 32.6 Å². The van der Waals surface area contributed by atoms with E-state index in [0.717, 1.165) is 12.8 Å². The van der Waals surface area contributed by atoms with Crippen LogP contribution in [0.1, 0.15) is 66.2 Å². The van der Waals surface area contributed by atoms with E-state index in [-0.39, 0.29) is 6.54 Å². The molecule has 1 N–H and O–H groups in total. The number of hydrogen-bond donors (Lipinski definition) is 1. The maximum atomic E-state index is 10.9. The van der Waals surface area contributed by atoms with Gasteiger partial charge in [0.2, 0.25) is 0 Å². The number of carboxylic acid groups (broad SMARTS) is 1. The Kier molecular flexibility index (Phi) is 9.14. The zero-order valence-electron chi connectivity index (χ0n) is 11.9. The van der Waals surface area contributed by atoms with Gasteiger partial charge < -0.3 is 5.11 Å². The van der Waals surface area contributed by atoms with Crippen LogP contribution in [0.3, 0.4) is 0 Å². The third-order valence-corrected chi connectivity index (χ3v) is 3.52. The first-order valence-electron chi connectivity index (χ1n) is 7.00. The summed E-state index contributed by atoms with van der Waals surface area (Å²) in [6.45, 7) is 8.76. The zero-order valence-corrected chi connectivity index (χ0v) is 11.9. The van der Waals surface area contributed by atoms with E-state index in [0.29, 0.717) is 12.1 Å². The van der Waals surface area contributed by atoms with E-state index in [1.54, 1.807) is 0 Å². The fourth-order valence-corrected chi connectivity index (χ4v) is 2.17.